The summed E-state index contributed by atoms with van der Waals surface area (Å²) >= 11 is 0. The lowest BCUT2D eigenvalue weighted by Gasteiger charge is -2.15. The molecule has 6 heteroatoms. The van der Waals surface area contributed by atoms with Crippen molar-refractivity contribution in [2.24, 2.45) is 5.10 Å². The van der Waals surface area contributed by atoms with Crippen LogP contribution in [0.2, 0.25) is 0 Å². The number of hydrazone groups is 1. The Kier molecular flexibility index (Phi) is 7.41. The second-order valence-electron chi connectivity index (χ2n) is 8.51. The van der Waals surface area contributed by atoms with E-state index >= 15 is 0 Å². The third-order valence-corrected chi connectivity index (χ3v) is 6.04. The molecule has 0 fully saturated rings. The quantitative estimate of drug-likeness (QED) is 0.181. The number of nitrogens with zero attached hydrogens (tertiary/aromatic N) is 2. The monoisotopic (exact) mass is 503 g/mol. The number of benzene rings is 4. The Morgan fingerprint density at radius 3 is 2.16 bits per heavy atom. The third-order valence-electron chi connectivity index (χ3n) is 6.04. The molecule has 0 radical (unpaired) electrons. The minimum Gasteiger partial charge on any atom is -0.494 e. The van der Waals surface area contributed by atoms with Crippen molar-refractivity contribution < 1.29 is 13.9 Å². The summed E-state index contributed by atoms with van der Waals surface area (Å²) in [6.45, 7) is 2.55. The van der Waals surface area contributed by atoms with E-state index in [0.717, 1.165) is 39.5 Å². The highest BCUT2D eigenvalue weighted by Crippen LogP contribution is 2.35. The Balaban J connectivity index is 1.63. The van der Waals surface area contributed by atoms with E-state index in [0.29, 0.717) is 6.61 Å². The zero-order chi connectivity index (χ0) is 26.3. The molecule has 0 atom stereocenters. The van der Waals surface area contributed by atoms with Crippen LogP contribution in [-0.2, 0) is 0 Å². The normalized spacial score (nSPS) is 11.0. The molecular weight excluding hydrogens is 477 g/mol. The fourth-order valence-electron chi connectivity index (χ4n) is 4.33. The van der Waals surface area contributed by atoms with Crippen molar-refractivity contribution in [1.29, 1.82) is 0 Å². The van der Waals surface area contributed by atoms with Gasteiger partial charge in [-0.25, -0.2) is 9.82 Å². The molecule has 1 amide bonds. The van der Waals surface area contributed by atoms with Gasteiger partial charge in [0.05, 0.1) is 29.8 Å². The lowest BCUT2D eigenvalue weighted by atomic mass is 10.1. The summed E-state index contributed by atoms with van der Waals surface area (Å²) in [7, 11) is 0. The van der Waals surface area contributed by atoms with Gasteiger partial charge in [-0.2, -0.15) is 5.10 Å². The minimum absolute atomic E-state index is 0.0649. The smallest absolute Gasteiger partial charge is 0.274 e. The van der Waals surface area contributed by atoms with Crippen molar-refractivity contribution in [3.05, 3.63) is 132 Å². The van der Waals surface area contributed by atoms with Crippen molar-refractivity contribution in [1.82, 2.24) is 9.99 Å². The van der Waals surface area contributed by atoms with E-state index in [1.54, 1.807) is 12.3 Å². The molecule has 0 spiro atoms. The van der Waals surface area contributed by atoms with Crippen LogP contribution < -0.4 is 10.2 Å². The number of nitrogens with one attached hydrogen (secondary N) is 1. The molecule has 38 heavy (non-hydrogen) atoms. The fraction of sp³-hybridized carbons (Fsp3) is 0.0625. The predicted molar refractivity (Wildman–Crippen MR) is 149 cm³/mol. The average molecular weight is 504 g/mol. The second-order valence-corrected chi connectivity index (χ2v) is 8.51. The SMILES string of the molecule is CCOc1ccc(-n2c(-c3ccccc3)cc(/C=N\NC(=O)c3ccccc3F)c2-c2ccccc2)cc1. The Morgan fingerprint density at radius 1 is 0.868 bits per heavy atom. The van der Waals surface area contributed by atoms with Gasteiger partial charge in [0.15, 0.2) is 0 Å². The number of rotatable bonds is 8. The first kappa shape index (κ1) is 24.7. The van der Waals surface area contributed by atoms with Crippen molar-refractivity contribution in [3.8, 4) is 34.0 Å². The van der Waals surface area contributed by atoms with Crippen molar-refractivity contribution in [2.75, 3.05) is 6.61 Å². The number of ether oxygens (including phenoxy) is 1. The molecule has 0 aliphatic rings. The van der Waals surface area contributed by atoms with Crippen molar-refractivity contribution in [2.45, 2.75) is 6.92 Å². The molecule has 0 saturated heterocycles. The maximum absolute atomic E-state index is 14.1. The molecule has 1 N–H and O–H groups in total. The average Bonchev–Trinajstić information content (AvgIpc) is 3.34. The van der Waals surface area contributed by atoms with E-state index in [4.69, 9.17) is 4.74 Å². The highest BCUT2D eigenvalue weighted by molar-refractivity contribution is 5.97. The standard InChI is InChI=1S/C32H26FN3O2/c1-2-38-27-19-17-26(18-20-27)36-30(23-11-5-3-6-12-23)21-25(31(36)24-13-7-4-8-14-24)22-34-35-32(37)28-15-9-10-16-29(28)33/h3-22H,2H2,1H3,(H,35,37)/b34-22-. The van der Waals surface area contributed by atoms with Crippen LogP contribution in [0.4, 0.5) is 4.39 Å². The maximum atomic E-state index is 14.1. The second kappa shape index (κ2) is 11.4. The first-order chi connectivity index (χ1) is 18.7. The Bertz CT molecular complexity index is 1560. The largest absolute Gasteiger partial charge is 0.494 e. The number of amides is 1. The molecule has 5 rings (SSSR count). The molecule has 0 aliphatic carbocycles. The van der Waals surface area contributed by atoms with Gasteiger partial charge < -0.3 is 9.30 Å². The summed E-state index contributed by atoms with van der Waals surface area (Å²) in [5.41, 5.74) is 7.99. The molecule has 1 aromatic heterocycles. The van der Waals surface area contributed by atoms with Gasteiger partial charge in [-0.05, 0) is 60.5 Å². The number of aromatic nitrogens is 1. The van der Waals surface area contributed by atoms with E-state index in [2.05, 4.69) is 27.2 Å². The van der Waals surface area contributed by atoms with E-state index in [-0.39, 0.29) is 5.56 Å². The van der Waals surface area contributed by atoms with E-state index in [1.807, 2.05) is 85.8 Å². The number of halogens is 1. The summed E-state index contributed by atoms with van der Waals surface area (Å²) < 4.78 is 21.9. The van der Waals surface area contributed by atoms with E-state index in [9.17, 15) is 9.18 Å². The van der Waals surface area contributed by atoms with Crippen molar-refractivity contribution in [3.63, 3.8) is 0 Å². The predicted octanol–water partition coefficient (Wildman–Crippen LogP) is 7.11. The highest BCUT2D eigenvalue weighted by Gasteiger charge is 2.19. The van der Waals surface area contributed by atoms with Crippen LogP contribution in [0.15, 0.2) is 120 Å². The zero-order valence-electron chi connectivity index (χ0n) is 20.8. The highest BCUT2D eigenvalue weighted by atomic mass is 19.1. The lowest BCUT2D eigenvalue weighted by Crippen LogP contribution is -2.18. The Hall–Kier alpha value is -4.97. The molecule has 0 saturated carbocycles. The first-order valence-electron chi connectivity index (χ1n) is 12.3. The molecular formula is C32H26FN3O2. The van der Waals surface area contributed by atoms with Crippen LogP contribution >= 0.6 is 0 Å². The summed E-state index contributed by atoms with van der Waals surface area (Å²) in [5.74, 6) is -0.420. The van der Waals surface area contributed by atoms with Gasteiger partial charge in [-0.3, -0.25) is 4.79 Å². The lowest BCUT2D eigenvalue weighted by molar-refractivity contribution is 0.0951. The summed E-state index contributed by atoms with van der Waals surface area (Å²) in [5, 5.41) is 4.20. The van der Waals surface area contributed by atoms with Crippen molar-refractivity contribution >= 4 is 12.1 Å². The van der Waals surface area contributed by atoms with Gasteiger partial charge in [-0.1, -0.05) is 72.8 Å². The van der Waals surface area contributed by atoms with Crippen LogP contribution in [-0.4, -0.2) is 23.3 Å². The maximum Gasteiger partial charge on any atom is 0.274 e. The van der Waals surface area contributed by atoms with E-state index in [1.165, 1.54) is 18.2 Å². The third kappa shape index (κ3) is 5.25. The number of carbonyl (C=O) groups is 1. The summed E-state index contributed by atoms with van der Waals surface area (Å²) in [4.78, 5) is 12.5. The summed E-state index contributed by atoms with van der Waals surface area (Å²) in [6.07, 6.45) is 1.60. The molecule has 0 unspecified atom stereocenters. The van der Waals surface area contributed by atoms with Gasteiger partial charge in [0.25, 0.3) is 5.91 Å². The van der Waals surface area contributed by atoms with E-state index < -0.39 is 11.7 Å². The fourth-order valence-corrected chi connectivity index (χ4v) is 4.33. The molecule has 4 aromatic carbocycles. The van der Waals surface area contributed by atoms with Crippen LogP contribution in [0.25, 0.3) is 28.2 Å². The molecule has 0 aliphatic heterocycles. The van der Waals surface area contributed by atoms with Gasteiger partial charge >= 0.3 is 0 Å². The molecule has 0 bridgehead atoms. The van der Waals surface area contributed by atoms with Gasteiger partial charge in [0.2, 0.25) is 0 Å². The van der Waals surface area contributed by atoms with Gasteiger partial charge in [-0.15, -0.1) is 0 Å². The Labute approximate surface area is 220 Å². The van der Waals surface area contributed by atoms with Crippen LogP contribution in [0, 0.1) is 5.82 Å². The number of carbonyl (C=O) groups excluding carboxylic acids is 1. The molecule has 5 aromatic rings. The minimum atomic E-state index is -0.616. The number of hydrogen-bond acceptors (Lipinski definition) is 3. The van der Waals surface area contributed by atoms with Gasteiger partial charge in [0, 0.05) is 11.3 Å². The van der Waals surface area contributed by atoms with Crippen LogP contribution in [0.1, 0.15) is 22.8 Å². The number of hydrogen-bond donors (Lipinski definition) is 1. The molecule has 5 nitrogen and oxygen atoms in total. The van der Waals surface area contributed by atoms with Crippen LogP contribution in [0.5, 0.6) is 5.75 Å². The Morgan fingerprint density at radius 2 is 1.50 bits per heavy atom. The first-order valence-corrected chi connectivity index (χ1v) is 12.3. The van der Waals surface area contributed by atoms with Gasteiger partial charge in [0.1, 0.15) is 11.6 Å². The zero-order valence-corrected chi connectivity index (χ0v) is 20.8. The topological polar surface area (TPSA) is 55.6 Å². The molecule has 188 valence electrons. The molecule has 1 heterocycles. The van der Waals surface area contributed by atoms with Crippen LogP contribution in [0.3, 0.4) is 0 Å². The summed E-state index contributed by atoms with van der Waals surface area (Å²) in [6, 6.07) is 35.8.